The number of hydrogen-bond donors (Lipinski definition) is 1. The number of hydrogen-bond acceptors (Lipinski definition) is 5. The first-order chi connectivity index (χ1) is 11.5. The Bertz CT molecular complexity index is 891. The van der Waals surface area contributed by atoms with Crippen LogP contribution in [0.4, 0.5) is 5.69 Å². The third-order valence-corrected chi connectivity index (χ3v) is 5.49. The summed E-state index contributed by atoms with van der Waals surface area (Å²) in [5.74, 6) is 0.687. The Labute approximate surface area is 141 Å². The van der Waals surface area contributed by atoms with Crippen LogP contribution < -0.4 is 5.32 Å². The molecule has 0 aliphatic carbocycles. The molecule has 0 bridgehead atoms. The standard InChI is InChI=1S/C18H18N2O3S/c1-14(12-24(21,22)17-8-3-2-4-9-17)20-16-7-5-6-15(10-16)18-11-19-13-23-18/h2-11,13-14,20H,12H2,1H3/t14-/m1/s1. The van der Waals surface area contributed by atoms with Crippen molar-refractivity contribution in [1.82, 2.24) is 4.98 Å². The molecule has 1 heterocycles. The molecule has 0 fully saturated rings. The van der Waals surface area contributed by atoms with E-state index < -0.39 is 9.84 Å². The average molecular weight is 342 g/mol. The summed E-state index contributed by atoms with van der Waals surface area (Å²) in [7, 11) is -3.32. The minimum Gasteiger partial charge on any atom is -0.444 e. The molecule has 2 aromatic carbocycles. The summed E-state index contributed by atoms with van der Waals surface area (Å²) in [4.78, 5) is 4.25. The van der Waals surface area contributed by atoms with Crippen molar-refractivity contribution in [2.45, 2.75) is 17.9 Å². The van der Waals surface area contributed by atoms with Crippen LogP contribution in [-0.4, -0.2) is 25.2 Å². The lowest BCUT2D eigenvalue weighted by Crippen LogP contribution is -2.25. The predicted octanol–water partition coefficient (Wildman–Crippen LogP) is 3.62. The van der Waals surface area contributed by atoms with Crippen molar-refractivity contribution >= 4 is 15.5 Å². The average Bonchev–Trinajstić information content (AvgIpc) is 3.10. The van der Waals surface area contributed by atoms with Crippen LogP contribution in [0, 0.1) is 0 Å². The second-order valence-corrected chi connectivity index (χ2v) is 7.62. The molecule has 0 amide bonds. The Hall–Kier alpha value is -2.60. The minimum atomic E-state index is -3.32. The minimum absolute atomic E-state index is 0.0174. The van der Waals surface area contributed by atoms with Gasteiger partial charge in [-0.05, 0) is 31.2 Å². The van der Waals surface area contributed by atoms with Crippen molar-refractivity contribution < 1.29 is 12.8 Å². The van der Waals surface area contributed by atoms with Gasteiger partial charge in [-0.15, -0.1) is 0 Å². The van der Waals surface area contributed by atoms with Gasteiger partial charge in [0.15, 0.2) is 22.0 Å². The number of sulfone groups is 1. The molecular weight excluding hydrogens is 324 g/mol. The third-order valence-electron chi connectivity index (χ3n) is 3.56. The fraction of sp³-hybridized carbons (Fsp3) is 0.167. The van der Waals surface area contributed by atoms with E-state index in [9.17, 15) is 8.42 Å². The zero-order valence-electron chi connectivity index (χ0n) is 13.2. The summed E-state index contributed by atoms with van der Waals surface area (Å²) < 4.78 is 30.1. The van der Waals surface area contributed by atoms with E-state index in [1.807, 2.05) is 31.2 Å². The topological polar surface area (TPSA) is 72.2 Å². The van der Waals surface area contributed by atoms with Crippen LogP contribution in [0.1, 0.15) is 6.92 Å². The Morgan fingerprint density at radius 1 is 1.12 bits per heavy atom. The highest BCUT2D eigenvalue weighted by molar-refractivity contribution is 7.91. The first kappa shape index (κ1) is 16.3. The van der Waals surface area contributed by atoms with Crippen LogP contribution in [0.5, 0.6) is 0 Å². The summed E-state index contributed by atoms with van der Waals surface area (Å²) in [5, 5.41) is 3.23. The number of nitrogens with one attached hydrogen (secondary N) is 1. The van der Waals surface area contributed by atoms with Gasteiger partial charge in [-0.3, -0.25) is 0 Å². The number of benzene rings is 2. The molecule has 0 radical (unpaired) electrons. The van der Waals surface area contributed by atoms with Gasteiger partial charge in [-0.2, -0.15) is 0 Å². The monoisotopic (exact) mass is 342 g/mol. The van der Waals surface area contributed by atoms with Crippen LogP contribution >= 0.6 is 0 Å². The molecule has 124 valence electrons. The molecule has 3 rings (SSSR count). The van der Waals surface area contributed by atoms with Crippen molar-refractivity contribution in [3.8, 4) is 11.3 Å². The van der Waals surface area contributed by atoms with Crippen LogP contribution in [0.3, 0.4) is 0 Å². The molecule has 0 unspecified atom stereocenters. The quantitative estimate of drug-likeness (QED) is 0.741. The maximum Gasteiger partial charge on any atom is 0.181 e. The molecule has 3 aromatic rings. The molecule has 1 aromatic heterocycles. The van der Waals surface area contributed by atoms with Crippen LogP contribution in [0.2, 0.25) is 0 Å². The zero-order valence-corrected chi connectivity index (χ0v) is 14.0. The van der Waals surface area contributed by atoms with Crippen LogP contribution in [0.15, 0.2) is 76.5 Å². The highest BCUT2D eigenvalue weighted by Crippen LogP contribution is 2.23. The Morgan fingerprint density at radius 3 is 2.62 bits per heavy atom. The Balaban J connectivity index is 1.71. The van der Waals surface area contributed by atoms with Gasteiger partial charge in [0.25, 0.3) is 0 Å². The van der Waals surface area contributed by atoms with Crippen molar-refractivity contribution in [2.24, 2.45) is 0 Å². The maximum absolute atomic E-state index is 12.4. The SMILES string of the molecule is C[C@H](CS(=O)(=O)c1ccccc1)Nc1cccc(-c2cnco2)c1. The van der Waals surface area contributed by atoms with Crippen molar-refractivity contribution in [3.63, 3.8) is 0 Å². The second-order valence-electron chi connectivity index (χ2n) is 5.59. The molecule has 1 atom stereocenters. The Kier molecular flexibility index (Phi) is 4.66. The number of nitrogens with zero attached hydrogens (tertiary/aromatic N) is 1. The molecule has 1 N–H and O–H groups in total. The lowest BCUT2D eigenvalue weighted by atomic mass is 10.1. The van der Waals surface area contributed by atoms with Gasteiger partial charge in [0, 0.05) is 17.3 Å². The molecule has 0 aliphatic rings. The van der Waals surface area contributed by atoms with Gasteiger partial charge in [0.1, 0.15) is 0 Å². The van der Waals surface area contributed by atoms with E-state index in [1.54, 1.807) is 36.5 Å². The first-order valence-corrected chi connectivity index (χ1v) is 9.23. The molecule has 0 saturated heterocycles. The number of anilines is 1. The second kappa shape index (κ2) is 6.88. The van der Waals surface area contributed by atoms with Crippen molar-refractivity contribution in [1.29, 1.82) is 0 Å². The van der Waals surface area contributed by atoms with Gasteiger partial charge in [0.2, 0.25) is 0 Å². The van der Waals surface area contributed by atoms with Gasteiger partial charge >= 0.3 is 0 Å². The lowest BCUT2D eigenvalue weighted by molar-refractivity contribution is 0.572. The van der Waals surface area contributed by atoms with Crippen LogP contribution in [0.25, 0.3) is 11.3 Å². The van der Waals surface area contributed by atoms with Gasteiger partial charge in [-0.25, -0.2) is 13.4 Å². The molecule has 24 heavy (non-hydrogen) atoms. The van der Waals surface area contributed by atoms with E-state index >= 15 is 0 Å². The van der Waals surface area contributed by atoms with Gasteiger partial charge in [0.05, 0.1) is 16.8 Å². The van der Waals surface area contributed by atoms with E-state index in [1.165, 1.54) is 6.39 Å². The van der Waals surface area contributed by atoms with Crippen molar-refractivity contribution in [3.05, 3.63) is 67.2 Å². The highest BCUT2D eigenvalue weighted by Gasteiger charge is 2.18. The molecule has 5 nitrogen and oxygen atoms in total. The lowest BCUT2D eigenvalue weighted by Gasteiger charge is -2.16. The van der Waals surface area contributed by atoms with E-state index in [-0.39, 0.29) is 11.8 Å². The summed E-state index contributed by atoms with van der Waals surface area (Å²) in [6, 6.07) is 15.9. The molecule has 0 saturated carbocycles. The van der Waals surface area contributed by atoms with Gasteiger partial charge < -0.3 is 9.73 Å². The van der Waals surface area contributed by atoms with Crippen LogP contribution in [-0.2, 0) is 9.84 Å². The zero-order chi connectivity index (χ0) is 17.0. The molecular formula is C18H18N2O3S. The molecule has 0 aliphatic heterocycles. The summed E-state index contributed by atoms with van der Waals surface area (Å²) in [6.07, 6.45) is 3.02. The van der Waals surface area contributed by atoms with E-state index in [0.717, 1.165) is 11.3 Å². The summed E-state index contributed by atoms with van der Waals surface area (Å²) in [6.45, 7) is 1.85. The summed E-state index contributed by atoms with van der Waals surface area (Å²) in [5.41, 5.74) is 1.72. The Morgan fingerprint density at radius 2 is 1.92 bits per heavy atom. The summed E-state index contributed by atoms with van der Waals surface area (Å²) >= 11 is 0. The van der Waals surface area contributed by atoms with Crippen molar-refractivity contribution in [2.75, 3.05) is 11.1 Å². The molecule has 6 heteroatoms. The van der Waals surface area contributed by atoms with E-state index in [0.29, 0.717) is 10.7 Å². The van der Waals surface area contributed by atoms with E-state index in [2.05, 4.69) is 10.3 Å². The third kappa shape index (κ3) is 3.83. The maximum atomic E-state index is 12.4. The largest absolute Gasteiger partial charge is 0.444 e. The molecule has 0 spiro atoms. The van der Waals surface area contributed by atoms with E-state index in [4.69, 9.17) is 4.42 Å². The fourth-order valence-electron chi connectivity index (χ4n) is 2.50. The number of oxazole rings is 1. The first-order valence-electron chi connectivity index (χ1n) is 7.58. The number of aromatic nitrogens is 1. The fourth-order valence-corrected chi connectivity index (χ4v) is 4.01. The normalized spacial score (nSPS) is 12.7. The van der Waals surface area contributed by atoms with Gasteiger partial charge in [-0.1, -0.05) is 30.3 Å². The smallest absolute Gasteiger partial charge is 0.181 e. The predicted molar refractivity (Wildman–Crippen MR) is 93.5 cm³/mol. The number of rotatable bonds is 6. The highest BCUT2D eigenvalue weighted by atomic mass is 32.2.